The van der Waals surface area contributed by atoms with E-state index in [-0.39, 0.29) is 37.0 Å². The summed E-state index contributed by atoms with van der Waals surface area (Å²) in [5.41, 5.74) is 0. The van der Waals surface area contributed by atoms with Crippen LogP contribution < -0.4 is 0 Å². The lowest BCUT2D eigenvalue weighted by molar-refractivity contribution is -0.150. The van der Waals surface area contributed by atoms with Crippen LogP contribution >= 0.6 is 0 Å². The van der Waals surface area contributed by atoms with E-state index in [4.69, 9.17) is 4.74 Å². The van der Waals surface area contributed by atoms with Gasteiger partial charge < -0.3 is 14.4 Å². The zero-order valence-corrected chi connectivity index (χ0v) is 12.8. The molecule has 0 aromatic heterocycles. The monoisotopic (exact) mass is 296 g/mol. The Morgan fingerprint density at radius 1 is 1.38 bits per heavy atom. The lowest BCUT2D eigenvalue weighted by Crippen LogP contribution is -2.38. The van der Waals surface area contributed by atoms with Gasteiger partial charge in [0, 0.05) is 13.1 Å². The van der Waals surface area contributed by atoms with Crippen molar-refractivity contribution < 1.29 is 19.1 Å². The smallest absolute Gasteiger partial charge is 0.323 e. The molecule has 2 fully saturated rings. The van der Waals surface area contributed by atoms with Crippen LogP contribution in [0.5, 0.6) is 0 Å². The molecule has 0 radical (unpaired) electrons. The molecule has 2 unspecified atom stereocenters. The number of likely N-dealkylation sites (tertiary alicyclic amines) is 2. The van der Waals surface area contributed by atoms with Crippen LogP contribution in [0.4, 0.5) is 0 Å². The third kappa shape index (κ3) is 3.81. The van der Waals surface area contributed by atoms with Crippen LogP contribution in [0.3, 0.4) is 0 Å². The van der Waals surface area contributed by atoms with Gasteiger partial charge in [-0.1, -0.05) is 6.92 Å². The largest absolute Gasteiger partial charge is 0.464 e. The molecule has 0 aromatic rings. The number of carbonyl (C=O) groups excluding carboxylic acids is 3. The van der Waals surface area contributed by atoms with Crippen molar-refractivity contribution >= 4 is 18.2 Å². The molecule has 118 valence electrons. The Labute approximate surface area is 125 Å². The molecular weight excluding hydrogens is 272 g/mol. The summed E-state index contributed by atoms with van der Waals surface area (Å²) in [7, 11) is 1.92. The molecule has 6 nitrogen and oxygen atoms in total. The number of aldehydes is 1. The summed E-state index contributed by atoms with van der Waals surface area (Å²) in [6.45, 7) is 3.73. The van der Waals surface area contributed by atoms with Gasteiger partial charge >= 0.3 is 5.97 Å². The van der Waals surface area contributed by atoms with Gasteiger partial charge in [-0.2, -0.15) is 0 Å². The molecular formula is C15H24N2O4. The van der Waals surface area contributed by atoms with Crippen molar-refractivity contribution in [3.63, 3.8) is 0 Å². The standard InChI is InChI=1S/C15H24N2O4/c1-11-8-13(16(2)9-11)15(20)21-7-5-14(19)17-6-3-4-12(17)10-18/h10-13H,3-9H2,1-2H3/t11-,12?,13?/m1/s1. The van der Waals surface area contributed by atoms with Crippen LogP contribution in [0.15, 0.2) is 0 Å². The highest BCUT2D eigenvalue weighted by atomic mass is 16.5. The average molecular weight is 296 g/mol. The summed E-state index contributed by atoms with van der Waals surface area (Å²) in [6.07, 6.45) is 3.38. The molecule has 0 aromatic carbocycles. The molecule has 1 amide bonds. The number of rotatable bonds is 5. The van der Waals surface area contributed by atoms with Gasteiger partial charge in [-0.05, 0) is 32.2 Å². The fourth-order valence-electron chi connectivity index (χ4n) is 3.25. The molecule has 2 aliphatic rings. The van der Waals surface area contributed by atoms with Crippen LogP contribution in [0, 0.1) is 5.92 Å². The van der Waals surface area contributed by atoms with Gasteiger partial charge in [-0.25, -0.2) is 0 Å². The third-order valence-electron chi connectivity index (χ3n) is 4.37. The normalized spacial score (nSPS) is 29.6. The summed E-state index contributed by atoms with van der Waals surface area (Å²) in [6, 6.07) is -0.486. The molecule has 2 heterocycles. The van der Waals surface area contributed by atoms with E-state index in [9.17, 15) is 14.4 Å². The molecule has 0 saturated carbocycles. The van der Waals surface area contributed by atoms with Gasteiger partial charge in [0.15, 0.2) is 0 Å². The number of hydrogen-bond acceptors (Lipinski definition) is 5. The Morgan fingerprint density at radius 2 is 2.14 bits per heavy atom. The van der Waals surface area contributed by atoms with E-state index in [0.717, 1.165) is 32.1 Å². The SMILES string of the molecule is C[C@@H]1CC(C(=O)OCCC(=O)N2CCCC2C=O)N(C)C1. The van der Waals surface area contributed by atoms with E-state index in [1.54, 1.807) is 4.90 Å². The second-order valence-electron chi connectivity index (χ2n) is 6.15. The first-order valence-corrected chi connectivity index (χ1v) is 7.64. The maximum Gasteiger partial charge on any atom is 0.323 e. The van der Waals surface area contributed by atoms with Gasteiger partial charge in [0.2, 0.25) is 5.91 Å². The van der Waals surface area contributed by atoms with Crippen LogP contribution in [0.1, 0.15) is 32.6 Å². The van der Waals surface area contributed by atoms with E-state index in [2.05, 4.69) is 6.92 Å². The summed E-state index contributed by atoms with van der Waals surface area (Å²) >= 11 is 0. The highest BCUT2D eigenvalue weighted by Gasteiger charge is 2.33. The number of carbonyl (C=O) groups is 3. The Morgan fingerprint density at radius 3 is 2.76 bits per heavy atom. The summed E-state index contributed by atoms with van der Waals surface area (Å²) in [5, 5.41) is 0. The van der Waals surface area contributed by atoms with E-state index >= 15 is 0 Å². The Bertz CT molecular complexity index is 412. The fraction of sp³-hybridized carbons (Fsp3) is 0.800. The third-order valence-corrected chi connectivity index (χ3v) is 4.37. The predicted octanol–water partition coefficient (Wildman–Crippen LogP) is 0.450. The molecule has 0 spiro atoms. The first kappa shape index (κ1) is 15.9. The summed E-state index contributed by atoms with van der Waals surface area (Å²) in [5.74, 6) is 0.140. The van der Waals surface area contributed by atoms with E-state index < -0.39 is 0 Å². The van der Waals surface area contributed by atoms with Crippen LogP contribution in [0.2, 0.25) is 0 Å². The van der Waals surface area contributed by atoms with Crippen molar-refractivity contribution in [3.8, 4) is 0 Å². The maximum absolute atomic E-state index is 12.0. The molecule has 3 atom stereocenters. The maximum atomic E-state index is 12.0. The van der Waals surface area contributed by atoms with Crippen molar-refractivity contribution in [2.45, 2.75) is 44.7 Å². The van der Waals surface area contributed by atoms with Gasteiger partial charge in [-0.15, -0.1) is 0 Å². The quantitative estimate of drug-likeness (QED) is 0.544. The molecule has 0 N–H and O–H groups in total. The Kier molecular flexibility index (Phi) is 5.33. The topological polar surface area (TPSA) is 66.9 Å². The highest BCUT2D eigenvalue weighted by Crippen LogP contribution is 2.22. The number of hydrogen-bond donors (Lipinski definition) is 0. The average Bonchev–Trinajstić information content (AvgIpc) is 3.04. The Hall–Kier alpha value is -1.43. The first-order chi connectivity index (χ1) is 10.0. The van der Waals surface area contributed by atoms with Crippen molar-refractivity contribution in [2.24, 2.45) is 5.92 Å². The molecule has 6 heteroatoms. The van der Waals surface area contributed by atoms with E-state index in [1.807, 2.05) is 11.9 Å². The first-order valence-electron chi connectivity index (χ1n) is 7.64. The van der Waals surface area contributed by atoms with Crippen molar-refractivity contribution in [1.82, 2.24) is 9.80 Å². The Balaban J connectivity index is 1.73. The second-order valence-corrected chi connectivity index (χ2v) is 6.15. The zero-order valence-electron chi connectivity index (χ0n) is 12.8. The highest BCUT2D eigenvalue weighted by molar-refractivity contribution is 5.81. The molecule has 2 rings (SSSR count). The fourth-order valence-corrected chi connectivity index (χ4v) is 3.25. The minimum absolute atomic E-state index is 0.0957. The lowest BCUT2D eigenvalue weighted by Gasteiger charge is -2.21. The van der Waals surface area contributed by atoms with Crippen LogP contribution in [-0.4, -0.2) is 66.8 Å². The molecule has 0 bridgehead atoms. The van der Waals surface area contributed by atoms with Crippen molar-refractivity contribution in [3.05, 3.63) is 0 Å². The second kappa shape index (κ2) is 7.02. The molecule has 0 aliphatic carbocycles. The van der Waals surface area contributed by atoms with Crippen molar-refractivity contribution in [1.29, 1.82) is 0 Å². The predicted molar refractivity (Wildman–Crippen MR) is 76.6 cm³/mol. The number of ether oxygens (including phenoxy) is 1. The minimum Gasteiger partial charge on any atom is -0.464 e. The van der Waals surface area contributed by atoms with E-state index in [1.165, 1.54) is 0 Å². The number of likely N-dealkylation sites (N-methyl/N-ethyl adjacent to an activating group) is 1. The molecule has 21 heavy (non-hydrogen) atoms. The number of amides is 1. The molecule has 2 aliphatic heterocycles. The number of nitrogens with zero attached hydrogens (tertiary/aromatic N) is 2. The number of esters is 1. The summed E-state index contributed by atoms with van der Waals surface area (Å²) in [4.78, 5) is 38.4. The van der Waals surface area contributed by atoms with E-state index in [0.29, 0.717) is 12.5 Å². The van der Waals surface area contributed by atoms with Gasteiger partial charge in [0.25, 0.3) is 0 Å². The zero-order chi connectivity index (χ0) is 15.4. The van der Waals surface area contributed by atoms with Gasteiger partial charge in [0.05, 0.1) is 12.5 Å². The van der Waals surface area contributed by atoms with Crippen molar-refractivity contribution in [2.75, 3.05) is 26.7 Å². The molecule has 2 saturated heterocycles. The van der Waals surface area contributed by atoms with Gasteiger partial charge in [-0.3, -0.25) is 14.5 Å². The lowest BCUT2D eigenvalue weighted by atomic mass is 10.1. The van der Waals surface area contributed by atoms with Crippen LogP contribution in [-0.2, 0) is 19.1 Å². The minimum atomic E-state index is -0.296. The summed E-state index contributed by atoms with van der Waals surface area (Å²) < 4.78 is 5.23. The van der Waals surface area contributed by atoms with Gasteiger partial charge in [0.1, 0.15) is 18.9 Å². The van der Waals surface area contributed by atoms with Crippen LogP contribution in [0.25, 0.3) is 0 Å².